The quantitative estimate of drug-likeness (QED) is 0.816. The Bertz CT molecular complexity index is 847. The Balaban J connectivity index is 1.62. The second-order valence-corrected chi connectivity index (χ2v) is 7.40. The molecule has 7 heteroatoms. The second kappa shape index (κ2) is 8.80. The van der Waals surface area contributed by atoms with E-state index in [4.69, 9.17) is 21.1 Å². The average Bonchev–Trinajstić information content (AvgIpc) is 2.88. The van der Waals surface area contributed by atoms with E-state index in [0.717, 1.165) is 0 Å². The average molecular weight is 408 g/mol. The van der Waals surface area contributed by atoms with E-state index in [1.807, 2.05) is 0 Å². The highest BCUT2D eigenvalue weighted by molar-refractivity contribution is 6.30. The van der Waals surface area contributed by atoms with Crippen LogP contribution < -0.4 is 9.47 Å². The fourth-order valence-corrected chi connectivity index (χ4v) is 3.46. The lowest BCUT2D eigenvalue weighted by Gasteiger charge is -2.27. The van der Waals surface area contributed by atoms with Gasteiger partial charge in [0, 0.05) is 23.7 Å². The first-order valence-electron chi connectivity index (χ1n) is 9.14. The van der Waals surface area contributed by atoms with Crippen molar-refractivity contribution < 1.29 is 23.8 Å². The minimum atomic E-state index is -1.04. The molecule has 0 bridgehead atoms. The molecule has 0 aliphatic carbocycles. The van der Waals surface area contributed by atoms with E-state index in [-0.39, 0.29) is 23.8 Å². The molecule has 1 atom stereocenters. The number of nitrogens with zero attached hydrogens (tertiary/aromatic N) is 1. The Morgan fingerprint density at radius 2 is 2.07 bits per heavy atom. The first kappa shape index (κ1) is 20.4. The Morgan fingerprint density at radius 1 is 1.25 bits per heavy atom. The van der Waals surface area contributed by atoms with Gasteiger partial charge in [-0.1, -0.05) is 17.7 Å². The minimum Gasteiger partial charge on any atom is -0.494 e. The zero-order valence-corrected chi connectivity index (χ0v) is 16.4. The highest BCUT2D eigenvalue weighted by Gasteiger charge is 2.32. The summed E-state index contributed by atoms with van der Waals surface area (Å²) in [6.07, 6.45) is 1.51. The van der Waals surface area contributed by atoms with Crippen molar-refractivity contribution in [3.63, 3.8) is 0 Å². The van der Waals surface area contributed by atoms with Gasteiger partial charge in [0.1, 0.15) is 18.0 Å². The number of carbonyl (C=O) groups is 1. The molecular weight excluding hydrogens is 385 g/mol. The van der Waals surface area contributed by atoms with Gasteiger partial charge in [-0.05, 0) is 55.7 Å². The van der Waals surface area contributed by atoms with E-state index in [1.165, 1.54) is 19.2 Å². The summed E-state index contributed by atoms with van der Waals surface area (Å²) in [5.74, 6) is -0.150. The van der Waals surface area contributed by atoms with E-state index in [0.29, 0.717) is 43.1 Å². The third kappa shape index (κ3) is 4.94. The summed E-state index contributed by atoms with van der Waals surface area (Å²) in [5.41, 5.74) is -0.776. The molecule has 1 N–H and O–H groups in total. The monoisotopic (exact) mass is 407 g/mol. The molecule has 0 radical (unpaired) electrons. The molecule has 1 unspecified atom stereocenters. The van der Waals surface area contributed by atoms with Crippen LogP contribution in [0.1, 0.15) is 29.6 Å². The summed E-state index contributed by atoms with van der Waals surface area (Å²) in [4.78, 5) is 14.4. The van der Waals surface area contributed by atoms with Crippen molar-refractivity contribution in [1.29, 1.82) is 0 Å². The number of ether oxygens (including phenoxy) is 2. The van der Waals surface area contributed by atoms with Crippen molar-refractivity contribution in [2.24, 2.45) is 0 Å². The number of aliphatic hydroxyl groups is 1. The zero-order valence-electron chi connectivity index (χ0n) is 15.7. The van der Waals surface area contributed by atoms with Gasteiger partial charge in [-0.3, -0.25) is 4.79 Å². The van der Waals surface area contributed by atoms with Gasteiger partial charge in [-0.2, -0.15) is 0 Å². The van der Waals surface area contributed by atoms with Crippen molar-refractivity contribution in [3.8, 4) is 11.5 Å². The fraction of sp³-hybridized carbons (Fsp3) is 0.381. The molecule has 2 aromatic carbocycles. The lowest BCUT2D eigenvalue weighted by Crippen LogP contribution is -2.38. The van der Waals surface area contributed by atoms with E-state index in [1.54, 1.807) is 35.2 Å². The SMILES string of the molecule is COc1ccc(C(=O)N2CCCC(O)(COc3cccc(Cl)c3)CC2)cc1F. The number of benzene rings is 2. The molecule has 1 saturated heterocycles. The third-order valence-corrected chi connectivity index (χ3v) is 5.14. The normalized spacial score (nSPS) is 19.8. The van der Waals surface area contributed by atoms with Crippen LogP contribution in [0.3, 0.4) is 0 Å². The number of hydrogen-bond donors (Lipinski definition) is 1. The molecule has 5 nitrogen and oxygen atoms in total. The van der Waals surface area contributed by atoms with Crippen molar-refractivity contribution in [1.82, 2.24) is 4.90 Å². The summed E-state index contributed by atoms with van der Waals surface area (Å²) >= 11 is 5.95. The molecule has 150 valence electrons. The van der Waals surface area contributed by atoms with E-state index in [2.05, 4.69) is 0 Å². The topological polar surface area (TPSA) is 59.0 Å². The van der Waals surface area contributed by atoms with Crippen LogP contribution in [0.2, 0.25) is 5.02 Å². The molecule has 2 aromatic rings. The largest absolute Gasteiger partial charge is 0.494 e. The van der Waals surface area contributed by atoms with Gasteiger partial charge in [0.2, 0.25) is 0 Å². The van der Waals surface area contributed by atoms with Gasteiger partial charge >= 0.3 is 0 Å². The smallest absolute Gasteiger partial charge is 0.253 e. The van der Waals surface area contributed by atoms with Crippen molar-refractivity contribution in [2.45, 2.75) is 24.9 Å². The van der Waals surface area contributed by atoms with Crippen LogP contribution in [0.4, 0.5) is 4.39 Å². The Kier molecular flexibility index (Phi) is 6.42. The number of hydrogen-bond acceptors (Lipinski definition) is 4. The van der Waals surface area contributed by atoms with Crippen molar-refractivity contribution in [2.75, 3.05) is 26.8 Å². The molecule has 1 aliphatic heterocycles. The van der Waals surface area contributed by atoms with Crippen LogP contribution in [-0.4, -0.2) is 48.3 Å². The standard InChI is InChI=1S/C21H23ClFNO4/c1-27-19-7-6-15(12-18(19)23)20(25)24-10-3-8-21(26,9-11-24)14-28-17-5-2-4-16(22)13-17/h2,4-7,12-13,26H,3,8-11,14H2,1H3. The molecular formula is C21H23ClFNO4. The molecule has 0 aromatic heterocycles. The van der Waals surface area contributed by atoms with Crippen LogP contribution in [0.15, 0.2) is 42.5 Å². The third-order valence-electron chi connectivity index (χ3n) is 4.91. The number of carbonyl (C=O) groups excluding carboxylic acids is 1. The molecule has 28 heavy (non-hydrogen) atoms. The molecule has 1 amide bonds. The number of likely N-dealkylation sites (tertiary alicyclic amines) is 1. The highest BCUT2D eigenvalue weighted by Crippen LogP contribution is 2.26. The molecule has 0 spiro atoms. The summed E-state index contributed by atoms with van der Waals surface area (Å²) in [7, 11) is 1.38. The minimum absolute atomic E-state index is 0.0972. The Labute approximate surface area is 168 Å². The van der Waals surface area contributed by atoms with Crippen LogP contribution in [0.25, 0.3) is 0 Å². The summed E-state index contributed by atoms with van der Waals surface area (Å²) < 4.78 is 24.5. The number of methoxy groups -OCH3 is 1. The predicted octanol–water partition coefficient (Wildman–Crippen LogP) is 3.92. The van der Waals surface area contributed by atoms with E-state index in [9.17, 15) is 14.3 Å². The second-order valence-electron chi connectivity index (χ2n) is 6.97. The first-order valence-corrected chi connectivity index (χ1v) is 9.51. The molecule has 1 aliphatic rings. The predicted molar refractivity (Wildman–Crippen MR) is 105 cm³/mol. The van der Waals surface area contributed by atoms with Crippen LogP contribution in [0.5, 0.6) is 11.5 Å². The Hall–Kier alpha value is -2.31. The van der Waals surface area contributed by atoms with Gasteiger partial charge in [0.25, 0.3) is 5.91 Å². The van der Waals surface area contributed by atoms with Crippen molar-refractivity contribution >= 4 is 17.5 Å². The maximum Gasteiger partial charge on any atom is 0.253 e. The van der Waals surface area contributed by atoms with Gasteiger partial charge in [-0.15, -0.1) is 0 Å². The van der Waals surface area contributed by atoms with E-state index >= 15 is 0 Å². The van der Waals surface area contributed by atoms with Gasteiger partial charge in [0.15, 0.2) is 11.6 Å². The molecule has 1 heterocycles. The summed E-state index contributed by atoms with van der Waals surface area (Å²) in [6.45, 7) is 0.973. The Morgan fingerprint density at radius 3 is 2.79 bits per heavy atom. The number of amides is 1. The van der Waals surface area contributed by atoms with Crippen LogP contribution >= 0.6 is 11.6 Å². The van der Waals surface area contributed by atoms with Gasteiger partial charge in [0.05, 0.1) is 7.11 Å². The molecule has 1 fully saturated rings. The first-order chi connectivity index (χ1) is 13.4. The lowest BCUT2D eigenvalue weighted by molar-refractivity contribution is -0.0163. The van der Waals surface area contributed by atoms with Crippen LogP contribution in [-0.2, 0) is 0 Å². The summed E-state index contributed by atoms with van der Waals surface area (Å²) in [5, 5.41) is 11.5. The number of rotatable bonds is 5. The fourth-order valence-electron chi connectivity index (χ4n) is 3.28. The molecule has 0 saturated carbocycles. The maximum atomic E-state index is 13.9. The van der Waals surface area contributed by atoms with Crippen LogP contribution in [0, 0.1) is 5.82 Å². The highest BCUT2D eigenvalue weighted by atomic mass is 35.5. The lowest BCUT2D eigenvalue weighted by atomic mass is 9.96. The maximum absolute atomic E-state index is 13.9. The van der Waals surface area contributed by atoms with Gasteiger partial charge in [-0.25, -0.2) is 4.39 Å². The zero-order chi connectivity index (χ0) is 20.1. The number of halogens is 2. The van der Waals surface area contributed by atoms with Gasteiger partial charge < -0.3 is 19.5 Å². The summed E-state index contributed by atoms with van der Waals surface area (Å²) in [6, 6.07) is 11.2. The van der Waals surface area contributed by atoms with Crippen molar-refractivity contribution in [3.05, 3.63) is 58.9 Å². The van der Waals surface area contributed by atoms with E-state index < -0.39 is 11.4 Å². The molecule has 3 rings (SSSR count).